The van der Waals surface area contributed by atoms with Crippen LogP contribution in [0.1, 0.15) is 22.3 Å². The van der Waals surface area contributed by atoms with Crippen molar-refractivity contribution in [2.24, 2.45) is 0 Å². The Morgan fingerprint density at radius 2 is 1.27 bits per heavy atom. The van der Waals surface area contributed by atoms with Crippen molar-refractivity contribution in [2.75, 3.05) is 21.3 Å². The van der Waals surface area contributed by atoms with Crippen LogP contribution in [0.5, 0.6) is 17.2 Å². The quantitative estimate of drug-likeness (QED) is 0.825. The molecule has 0 atom stereocenters. The molecule has 0 aliphatic carbocycles. The lowest BCUT2D eigenvalue weighted by Gasteiger charge is -2.22. The van der Waals surface area contributed by atoms with Gasteiger partial charge in [0.2, 0.25) is 0 Å². The highest BCUT2D eigenvalue weighted by atomic mass is 16.5. The number of benzene rings is 2. The van der Waals surface area contributed by atoms with Crippen LogP contribution in [0.4, 0.5) is 0 Å². The van der Waals surface area contributed by atoms with E-state index >= 15 is 0 Å². The Morgan fingerprint density at radius 3 is 1.82 bits per heavy atom. The van der Waals surface area contributed by atoms with Crippen molar-refractivity contribution in [1.29, 1.82) is 0 Å². The van der Waals surface area contributed by atoms with Crippen molar-refractivity contribution in [3.8, 4) is 28.4 Å². The van der Waals surface area contributed by atoms with E-state index in [-0.39, 0.29) is 0 Å². The molecule has 0 bridgehead atoms. The first-order valence-corrected chi connectivity index (χ1v) is 7.33. The minimum absolute atomic E-state index is 0.840. The first-order chi connectivity index (χ1) is 10.5. The van der Waals surface area contributed by atoms with Gasteiger partial charge in [-0.3, -0.25) is 0 Å². The molecule has 0 spiro atoms. The van der Waals surface area contributed by atoms with E-state index in [1.165, 1.54) is 0 Å². The number of hydrogen-bond acceptors (Lipinski definition) is 3. The molecule has 2 rings (SSSR count). The molecular weight excluding hydrogens is 276 g/mol. The van der Waals surface area contributed by atoms with Gasteiger partial charge in [-0.1, -0.05) is 12.1 Å². The monoisotopic (exact) mass is 300 g/mol. The topological polar surface area (TPSA) is 27.7 Å². The van der Waals surface area contributed by atoms with Gasteiger partial charge >= 0.3 is 0 Å². The highest BCUT2D eigenvalue weighted by Crippen LogP contribution is 2.46. The van der Waals surface area contributed by atoms with Gasteiger partial charge in [0, 0.05) is 16.7 Å². The number of hydrogen-bond donors (Lipinski definition) is 0. The van der Waals surface area contributed by atoms with E-state index in [1.54, 1.807) is 21.3 Å². The standard InChI is InChI=1S/C19H24O3/c1-11-8-9-15(16(10-11)20-5)17-14(4)18(21-6)12(2)13(3)19(17)22-7/h8-10H,1-7H3. The van der Waals surface area contributed by atoms with E-state index in [1.807, 2.05) is 6.07 Å². The SMILES string of the molecule is COc1cc(C)ccc1-c1c(C)c(OC)c(C)c(C)c1OC. The van der Waals surface area contributed by atoms with Crippen molar-refractivity contribution in [2.45, 2.75) is 27.7 Å². The first-order valence-electron chi connectivity index (χ1n) is 7.33. The van der Waals surface area contributed by atoms with E-state index in [4.69, 9.17) is 14.2 Å². The molecule has 3 nitrogen and oxygen atoms in total. The third kappa shape index (κ3) is 2.52. The maximum absolute atomic E-state index is 5.71. The Bertz CT molecular complexity index is 703. The zero-order valence-corrected chi connectivity index (χ0v) is 14.5. The summed E-state index contributed by atoms with van der Waals surface area (Å²) in [4.78, 5) is 0. The average molecular weight is 300 g/mol. The number of rotatable bonds is 4. The van der Waals surface area contributed by atoms with E-state index in [9.17, 15) is 0 Å². The van der Waals surface area contributed by atoms with E-state index in [0.29, 0.717) is 0 Å². The summed E-state index contributed by atoms with van der Waals surface area (Å²) in [6, 6.07) is 6.20. The maximum Gasteiger partial charge on any atom is 0.130 e. The predicted octanol–water partition coefficient (Wildman–Crippen LogP) is 4.61. The van der Waals surface area contributed by atoms with Crippen molar-refractivity contribution in [3.63, 3.8) is 0 Å². The molecule has 0 aliphatic heterocycles. The van der Waals surface area contributed by atoms with Gasteiger partial charge in [0.1, 0.15) is 17.2 Å². The van der Waals surface area contributed by atoms with Crippen molar-refractivity contribution in [3.05, 3.63) is 40.5 Å². The van der Waals surface area contributed by atoms with E-state index in [2.05, 4.69) is 39.8 Å². The van der Waals surface area contributed by atoms with Crippen LogP contribution in [0, 0.1) is 27.7 Å². The molecule has 2 aromatic rings. The van der Waals surface area contributed by atoms with Gasteiger partial charge in [0.25, 0.3) is 0 Å². The van der Waals surface area contributed by atoms with Crippen LogP contribution in [0.3, 0.4) is 0 Å². The fraction of sp³-hybridized carbons (Fsp3) is 0.368. The van der Waals surface area contributed by atoms with Crippen LogP contribution >= 0.6 is 0 Å². The molecule has 0 unspecified atom stereocenters. The van der Waals surface area contributed by atoms with Crippen LogP contribution < -0.4 is 14.2 Å². The molecular formula is C19H24O3. The molecule has 0 fully saturated rings. The van der Waals surface area contributed by atoms with Crippen molar-refractivity contribution in [1.82, 2.24) is 0 Å². The second kappa shape index (κ2) is 6.30. The lowest BCUT2D eigenvalue weighted by Crippen LogP contribution is -2.02. The lowest BCUT2D eigenvalue weighted by atomic mass is 9.91. The summed E-state index contributed by atoms with van der Waals surface area (Å²) in [7, 11) is 5.10. The Morgan fingerprint density at radius 1 is 0.682 bits per heavy atom. The number of ether oxygens (including phenoxy) is 3. The summed E-state index contributed by atoms with van der Waals surface area (Å²) in [5.74, 6) is 2.61. The zero-order valence-electron chi connectivity index (χ0n) is 14.5. The lowest BCUT2D eigenvalue weighted by molar-refractivity contribution is 0.395. The fourth-order valence-corrected chi connectivity index (χ4v) is 2.98. The Balaban J connectivity index is 2.88. The largest absolute Gasteiger partial charge is 0.496 e. The van der Waals surface area contributed by atoms with Gasteiger partial charge in [-0.05, 0) is 50.5 Å². The van der Waals surface area contributed by atoms with Crippen molar-refractivity contribution >= 4 is 0 Å². The van der Waals surface area contributed by atoms with E-state index < -0.39 is 0 Å². The molecule has 0 N–H and O–H groups in total. The highest BCUT2D eigenvalue weighted by Gasteiger charge is 2.22. The predicted molar refractivity (Wildman–Crippen MR) is 90.5 cm³/mol. The Labute approximate surface area is 132 Å². The van der Waals surface area contributed by atoms with Crippen LogP contribution in [-0.4, -0.2) is 21.3 Å². The van der Waals surface area contributed by atoms with Crippen LogP contribution in [-0.2, 0) is 0 Å². The fourth-order valence-electron chi connectivity index (χ4n) is 2.98. The van der Waals surface area contributed by atoms with Gasteiger partial charge < -0.3 is 14.2 Å². The van der Waals surface area contributed by atoms with Crippen molar-refractivity contribution < 1.29 is 14.2 Å². The second-order valence-electron chi connectivity index (χ2n) is 5.52. The number of methoxy groups -OCH3 is 3. The van der Waals surface area contributed by atoms with Gasteiger partial charge in [-0.15, -0.1) is 0 Å². The summed E-state index contributed by atoms with van der Waals surface area (Å²) < 4.78 is 16.9. The molecule has 0 saturated carbocycles. The molecule has 3 heteroatoms. The number of aryl methyl sites for hydroxylation is 1. The normalized spacial score (nSPS) is 10.5. The summed E-state index contributed by atoms with van der Waals surface area (Å²) >= 11 is 0. The summed E-state index contributed by atoms with van der Waals surface area (Å²) in [5.41, 5.74) is 6.45. The molecule has 0 aromatic heterocycles. The maximum atomic E-state index is 5.71. The van der Waals surface area contributed by atoms with E-state index in [0.717, 1.165) is 50.6 Å². The van der Waals surface area contributed by atoms with Gasteiger partial charge in [0.05, 0.1) is 21.3 Å². The summed E-state index contributed by atoms with van der Waals surface area (Å²) in [6.45, 7) is 8.22. The minimum atomic E-state index is 0.840. The molecule has 118 valence electrons. The molecule has 0 heterocycles. The molecule has 0 amide bonds. The average Bonchev–Trinajstić information content (AvgIpc) is 2.51. The molecule has 0 saturated heterocycles. The van der Waals surface area contributed by atoms with Crippen LogP contribution in [0.25, 0.3) is 11.1 Å². The molecule has 2 aromatic carbocycles. The first kappa shape index (κ1) is 16.2. The minimum Gasteiger partial charge on any atom is -0.496 e. The molecule has 0 aliphatic rings. The zero-order chi connectivity index (χ0) is 16.4. The molecule has 0 radical (unpaired) electrons. The highest BCUT2D eigenvalue weighted by molar-refractivity contribution is 5.83. The second-order valence-corrected chi connectivity index (χ2v) is 5.52. The van der Waals surface area contributed by atoms with Crippen LogP contribution in [0.15, 0.2) is 18.2 Å². The van der Waals surface area contributed by atoms with Gasteiger partial charge in [0.15, 0.2) is 0 Å². The smallest absolute Gasteiger partial charge is 0.130 e. The van der Waals surface area contributed by atoms with Gasteiger partial charge in [-0.25, -0.2) is 0 Å². The Hall–Kier alpha value is -2.16. The summed E-state index contributed by atoms with van der Waals surface area (Å²) in [6.07, 6.45) is 0. The van der Waals surface area contributed by atoms with Gasteiger partial charge in [-0.2, -0.15) is 0 Å². The van der Waals surface area contributed by atoms with Crippen LogP contribution in [0.2, 0.25) is 0 Å². The third-order valence-corrected chi connectivity index (χ3v) is 4.22. The Kier molecular flexibility index (Phi) is 4.65. The molecule has 22 heavy (non-hydrogen) atoms. The summed E-state index contributed by atoms with van der Waals surface area (Å²) in [5, 5.41) is 0. The third-order valence-electron chi connectivity index (χ3n) is 4.22.